The molecule has 25 heavy (non-hydrogen) atoms. The van der Waals surface area contributed by atoms with Crippen LogP contribution in [-0.4, -0.2) is 55.4 Å². The van der Waals surface area contributed by atoms with Gasteiger partial charge < -0.3 is 9.11 Å². The van der Waals surface area contributed by atoms with E-state index >= 15 is 0 Å². The third kappa shape index (κ3) is 15.6. The minimum Gasteiger partial charge on any atom is -0.741 e. The summed E-state index contributed by atoms with van der Waals surface area (Å²) in [5.41, 5.74) is -16.8. The minimum absolute atomic E-state index is 0. The van der Waals surface area contributed by atoms with E-state index in [0.29, 0.717) is 0 Å². The quantitative estimate of drug-likeness (QED) is 0.214. The first-order valence-electron chi connectivity index (χ1n) is 3.83. The fourth-order valence-electron chi connectivity index (χ4n) is 0. The van der Waals surface area contributed by atoms with Gasteiger partial charge in [-0.15, -0.1) is 0 Å². The molecule has 0 fully saturated rings. The zero-order valence-corrected chi connectivity index (χ0v) is 13.8. The van der Waals surface area contributed by atoms with Crippen molar-refractivity contribution in [1.82, 2.24) is 0 Å². The van der Waals surface area contributed by atoms with E-state index in [1.807, 2.05) is 0 Å². The Morgan fingerprint density at radius 2 is 0.640 bits per heavy atom. The number of halogens is 9. The van der Waals surface area contributed by atoms with Crippen LogP contribution in [0.3, 0.4) is 0 Å². The first kappa shape index (κ1) is 32.3. The van der Waals surface area contributed by atoms with Crippen LogP contribution in [0.2, 0.25) is 0 Å². The smallest absolute Gasteiger partial charge is 0.741 e. The zero-order chi connectivity index (χ0) is 21.0. The summed E-state index contributed by atoms with van der Waals surface area (Å²) in [6.07, 6.45) is 0. The van der Waals surface area contributed by atoms with Gasteiger partial charge in [0.1, 0.15) is 0 Å². The summed E-state index contributed by atoms with van der Waals surface area (Å²) in [5, 5.41) is 0. The summed E-state index contributed by atoms with van der Waals surface area (Å²) in [6, 6.07) is 0. The van der Waals surface area contributed by atoms with Crippen LogP contribution in [0.25, 0.3) is 0 Å². The average molecular weight is 503 g/mol. The van der Waals surface area contributed by atoms with Crippen LogP contribution < -0.4 is 0 Å². The van der Waals surface area contributed by atoms with Crippen LogP contribution in [0.15, 0.2) is 0 Å². The Morgan fingerprint density at radius 1 is 0.560 bits per heavy atom. The Hall–Kier alpha value is -0.381. The molecule has 1 radical (unpaired) electrons. The Morgan fingerprint density at radius 3 is 0.640 bits per heavy atom. The molecule has 0 saturated heterocycles. The topological polar surface area (TPSA) is 169 Å². The summed E-state index contributed by atoms with van der Waals surface area (Å²) >= 11 is 0. The van der Waals surface area contributed by atoms with Crippen LogP contribution in [0.4, 0.5) is 39.5 Å². The Kier molecular flexibility index (Phi) is 12.3. The molecule has 0 aromatic rings. The molecule has 155 valence electrons. The summed E-state index contributed by atoms with van der Waals surface area (Å²) in [7, 11) is -18.0. The maximum absolute atomic E-state index is 10.7. The van der Waals surface area contributed by atoms with Crippen molar-refractivity contribution in [3.8, 4) is 0 Å². The first-order valence-corrected chi connectivity index (χ1v) is 8.09. The second-order valence-corrected chi connectivity index (χ2v) is 6.88. The van der Waals surface area contributed by atoms with E-state index in [1.165, 1.54) is 0 Å². The number of hydrogen-bond acceptors (Lipinski definition) is 8. The average Bonchev–Trinajstić information content (AvgIpc) is 2.08. The van der Waals surface area contributed by atoms with E-state index in [0.717, 1.165) is 0 Å². The van der Waals surface area contributed by atoms with E-state index in [2.05, 4.69) is 0 Å². The predicted octanol–water partition coefficient (Wildman–Crippen LogP) is 0.494. The molecular weight excluding hydrogens is 502 g/mol. The maximum atomic E-state index is 10.7. The molecule has 0 bridgehead atoms. The molecule has 0 atom stereocenters. The van der Waals surface area contributed by atoms with Crippen molar-refractivity contribution in [3.05, 3.63) is 0 Å². The van der Waals surface area contributed by atoms with E-state index in [4.69, 9.17) is 38.9 Å². The molecule has 0 aromatic carbocycles. The van der Waals surface area contributed by atoms with Crippen molar-refractivity contribution in [2.75, 3.05) is 0 Å². The van der Waals surface area contributed by atoms with Gasteiger partial charge in [0.05, 0.1) is 0 Å². The summed E-state index contributed by atoms with van der Waals surface area (Å²) in [5.74, 6) is 0. The van der Waals surface area contributed by atoms with E-state index in [-0.39, 0.29) is 17.1 Å². The maximum Gasteiger partial charge on any atom is 2.00 e. The van der Waals surface area contributed by atoms with Crippen LogP contribution in [0.5, 0.6) is 0 Å². The molecule has 9 nitrogen and oxygen atoms in total. The van der Waals surface area contributed by atoms with Gasteiger partial charge in [0.2, 0.25) is 0 Å². The van der Waals surface area contributed by atoms with Crippen LogP contribution >= 0.6 is 0 Å². The third-order valence-electron chi connectivity index (χ3n) is 0.859. The van der Waals surface area contributed by atoms with Gasteiger partial charge in [0.15, 0.2) is 20.2 Å². The molecule has 1 N–H and O–H groups in total. The SMILES string of the molecule is O=S(=O)(O)C(F)(F)F.O=S(=O)([O-])C(F)(F)F.O=S(=O)([O-])C(F)(F)F.[Mn+2]. The van der Waals surface area contributed by atoms with Gasteiger partial charge in [-0.25, -0.2) is 16.8 Å². The zero-order valence-electron chi connectivity index (χ0n) is 10.2. The first-order chi connectivity index (χ1) is 9.75. The predicted molar refractivity (Wildman–Crippen MR) is 49.1 cm³/mol. The number of rotatable bonds is 0. The second-order valence-electron chi connectivity index (χ2n) is 2.72. The Balaban J connectivity index is -0.000000130. The van der Waals surface area contributed by atoms with Gasteiger partial charge >= 0.3 is 43.7 Å². The fourth-order valence-corrected chi connectivity index (χ4v) is 0. The standard InChI is InChI=1S/3CHF3O3S.Mn/c3*2-1(3,4)8(5,6)7;/h3*(H,5,6,7);/q;;;+2/p-2. The molecule has 0 aliphatic heterocycles. The van der Waals surface area contributed by atoms with Crippen molar-refractivity contribution in [1.29, 1.82) is 0 Å². The molecule has 0 rings (SSSR count). The van der Waals surface area contributed by atoms with Gasteiger partial charge in [-0.1, -0.05) is 0 Å². The molecular formula is C3HF9MnO9S3. The van der Waals surface area contributed by atoms with E-state index in [9.17, 15) is 39.5 Å². The Labute approximate surface area is 142 Å². The second kappa shape index (κ2) is 9.52. The molecule has 0 aromatic heterocycles. The van der Waals surface area contributed by atoms with Gasteiger partial charge in [-0.3, -0.25) is 4.55 Å². The summed E-state index contributed by atoms with van der Waals surface area (Å²) in [6.45, 7) is 0. The number of alkyl halides is 9. The van der Waals surface area contributed by atoms with Crippen molar-refractivity contribution < 1.29 is 95.5 Å². The molecule has 0 spiro atoms. The molecule has 0 aliphatic carbocycles. The molecule has 0 saturated carbocycles. The molecule has 22 heteroatoms. The minimum atomic E-state index is -6.09. The van der Waals surface area contributed by atoms with Crippen LogP contribution in [0.1, 0.15) is 0 Å². The monoisotopic (exact) mass is 503 g/mol. The summed E-state index contributed by atoms with van der Waals surface area (Å²) < 4.78 is 175. The van der Waals surface area contributed by atoms with Crippen molar-refractivity contribution >= 4 is 30.4 Å². The third-order valence-corrected chi connectivity index (χ3v) is 2.58. The van der Waals surface area contributed by atoms with Gasteiger partial charge in [-0.2, -0.15) is 47.9 Å². The summed E-state index contributed by atoms with van der Waals surface area (Å²) in [4.78, 5) is 0. The molecule has 0 unspecified atom stereocenters. The van der Waals surface area contributed by atoms with Gasteiger partial charge in [-0.05, 0) is 0 Å². The van der Waals surface area contributed by atoms with Gasteiger partial charge in [0.25, 0.3) is 0 Å². The fraction of sp³-hybridized carbons (Fsp3) is 1.00. The van der Waals surface area contributed by atoms with Gasteiger partial charge in [0, 0.05) is 0 Å². The van der Waals surface area contributed by atoms with Crippen LogP contribution in [-0.2, 0) is 47.4 Å². The van der Waals surface area contributed by atoms with Crippen molar-refractivity contribution in [3.63, 3.8) is 0 Å². The molecule has 0 amide bonds. The number of hydrogen-bond donors (Lipinski definition) is 1. The molecule has 0 heterocycles. The largest absolute Gasteiger partial charge is 2.00 e. The van der Waals surface area contributed by atoms with Crippen LogP contribution in [0, 0.1) is 0 Å². The normalized spacial score (nSPS) is 13.4. The van der Waals surface area contributed by atoms with Crippen molar-refractivity contribution in [2.24, 2.45) is 0 Å². The van der Waals surface area contributed by atoms with Crippen molar-refractivity contribution in [2.45, 2.75) is 16.5 Å². The van der Waals surface area contributed by atoms with E-state index in [1.54, 1.807) is 0 Å². The molecule has 0 aliphatic rings. The van der Waals surface area contributed by atoms with E-state index < -0.39 is 46.9 Å². The Bertz CT molecular complexity index is 596.